The first-order valence-electron chi connectivity index (χ1n) is 8.24. The quantitative estimate of drug-likeness (QED) is 0.818. The minimum atomic E-state index is -0.548. The molecule has 24 heavy (non-hydrogen) atoms. The van der Waals surface area contributed by atoms with Gasteiger partial charge in [-0.15, -0.1) is 0 Å². The molecule has 0 saturated carbocycles. The number of rotatable bonds is 7. The molecule has 0 aliphatic rings. The van der Waals surface area contributed by atoms with Gasteiger partial charge in [-0.05, 0) is 36.6 Å². The Morgan fingerprint density at radius 3 is 2.58 bits per heavy atom. The van der Waals surface area contributed by atoms with Gasteiger partial charge in [0.15, 0.2) is 0 Å². The van der Waals surface area contributed by atoms with Crippen molar-refractivity contribution >= 4 is 5.91 Å². The molecule has 1 heterocycles. The van der Waals surface area contributed by atoms with Crippen LogP contribution in [0.4, 0.5) is 4.39 Å². The fourth-order valence-corrected chi connectivity index (χ4v) is 2.62. The first-order chi connectivity index (χ1) is 11.4. The van der Waals surface area contributed by atoms with E-state index < -0.39 is 6.10 Å². The maximum absolute atomic E-state index is 13.1. The number of aliphatic hydroxyl groups is 1. The van der Waals surface area contributed by atoms with E-state index in [9.17, 15) is 14.3 Å². The number of carbonyl (C=O) groups is 1. The standard InChI is InChI=1S/C18H24FN3O2/c1-4-5-15(23)10-20-18(24)16-11-21-22(17(16)12(2)3)14-8-6-13(19)7-9-14/h6-9,11-12,15,23H,4-5,10H2,1-3H3,(H,20,24). The maximum atomic E-state index is 13.1. The molecule has 2 N–H and O–H groups in total. The van der Waals surface area contributed by atoms with E-state index in [1.807, 2.05) is 20.8 Å². The van der Waals surface area contributed by atoms with Crippen molar-refractivity contribution < 1.29 is 14.3 Å². The summed E-state index contributed by atoms with van der Waals surface area (Å²) in [5.41, 5.74) is 1.92. The van der Waals surface area contributed by atoms with Gasteiger partial charge in [-0.3, -0.25) is 4.79 Å². The Balaban J connectivity index is 2.25. The van der Waals surface area contributed by atoms with E-state index in [0.717, 1.165) is 12.1 Å². The lowest BCUT2D eigenvalue weighted by molar-refractivity contribution is 0.0909. The van der Waals surface area contributed by atoms with Crippen LogP contribution in [0.5, 0.6) is 0 Å². The number of halogens is 1. The summed E-state index contributed by atoms with van der Waals surface area (Å²) in [5, 5.41) is 16.8. The SMILES string of the molecule is CCCC(O)CNC(=O)c1cnn(-c2ccc(F)cc2)c1C(C)C. The average Bonchev–Trinajstić information content (AvgIpc) is 2.99. The summed E-state index contributed by atoms with van der Waals surface area (Å²) in [7, 11) is 0. The van der Waals surface area contributed by atoms with Gasteiger partial charge in [-0.1, -0.05) is 27.2 Å². The van der Waals surface area contributed by atoms with Gasteiger partial charge < -0.3 is 10.4 Å². The largest absolute Gasteiger partial charge is 0.391 e. The molecule has 0 fully saturated rings. The van der Waals surface area contributed by atoms with Crippen molar-refractivity contribution in [3.05, 3.63) is 47.5 Å². The Kier molecular flexibility index (Phi) is 6.09. The monoisotopic (exact) mass is 333 g/mol. The van der Waals surface area contributed by atoms with E-state index in [2.05, 4.69) is 10.4 Å². The Morgan fingerprint density at radius 1 is 1.33 bits per heavy atom. The van der Waals surface area contributed by atoms with Gasteiger partial charge in [0, 0.05) is 6.54 Å². The molecule has 0 saturated heterocycles. The summed E-state index contributed by atoms with van der Waals surface area (Å²) in [6.45, 7) is 6.14. The fourth-order valence-electron chi connectivity index (χ4n) is 2.62. The molecule has 2 rings (SSSR count). The number of nitrogens with one attached hydrogen (secondary N) is 1. The summed E-state index contributed by atoms with van der Waals surface area (Å²) < 4.78 is 14.8. The molecule has 0 aliphatic heterocycles. The molecule has 1 aromatic heterocycles. The molecule has 0 aliphatic carbocycles. The molecule has 6 heteroatoms. The third kappa shape index (κ3) is 4.20. The number of benzene rings is 1. The molecule has 5 nitrogen and oxygen atoms in total. The number of aliphatic hydroxyl groups excluding tert-OH is 1. The predicted molar refractivity (Wildman–Crippen MR) is 90.9 cm³/mol. The Labute approximate surface area is 141 Å². The van der Waals surface area contributed by atoms with Crippen LogP contribution in [0.15, 0.2) is 30.5 Å². The molecular formula is C18H24FN3O2. The first-order valence-corrected chi connectivity index (χ1v) is 8.24. The fraction of sp³-hybridized carbons (Fsp3) is 0.444. The Hall–Kier alpha value is -2.21. The molecule has 0 bridgehead atoms. The van der Waals surface area contributed by atoms with Crippen molar-refractivity contribution in [3.8, 4) is 5.69 Å². The highest BCUT2D eigenvalue weighted by molar-refractivity contribution is 5.95. The molecule has 1 amide bonds. The summed E-state index contributed by atoms with van der Waals surface area (Å²) in [4.78, 5) is 12.4. The number of aromatic nitrogens is 2. The number of nitrogens with zero attached hydrogens (tertiary/aromatic N) is 2. The highest BCUT2D eigenvalue weighted by Crippen LogP contribution is 2.23. The zero-order chi connectivity index (χ0) is 17.7. The molecule has 1 aromatic carbocycles. The van der Waals surface area contributed by atoms with Crippen molar-refractivity contribution in [1.82, 2.24) is 15.1 Å². The highest BCUT2D eigenvalue weighted by Gasteiger charge is 2.21. The zero-order valence-corrected chi connectivity index (χ0v) is 14.3. The normalized spacial score (nSPS) is 12.4. The van der Waals surface area contributed by atoms with E-state index in [1.165, 1.54) is 18.3 Å². The molecule has 130 valence electrons. The zero-order valence-electron chi connectivity index (χ0n) is 14.3. The van der Waals surface area contributed by atoms with Crippen LogP contribution < -0.4 is 5.32 Å². The van der Waals surface area contributed by atoms with Crippen LogP contribution in [0.25, 0.3) is 5.69 Å². The van der Waals surface area contributed by atoms with E-state index in [4.69, 9.17) is 0 Å². The van der Waals surface area contributed by atoms with Gasteiger partial charge in [0.2, 0.25) is 0 Å². The third-order valence-corrected chi connectivity index (χ3v) is 3.79. The second kappa shape index (κ2) is 8.06. The van der Waals surface area contributed by atoms with Gasteiger partial charge >= 0.3 is 0 Å². The minimum Gasteiger partial charge on any atom is -0.391 e. The van der Waals surface area contributed by atoms with Crippen molar-refractivity contribution in [1.29, 1.82) is 0 Å². The lowest BCUT2D eigenvalue weighted by Gasteiger charge is -2.14. The Bertz CT molecular complexity index is 680. The Morgan fingerprint density at radius 2 is 2.00 bits per heavy atom. The van der Waals surface area contributed by atoms with E-state index in [-0.39, 0.29) is 24.2 Å². The minimum absolute atomic E-state index is 0.0545. The molecular weight excluding hydrogens is 309 g/mol. The molecule has 0 radical (unpaired) electrons. The van der Waals surface area contributed by atoms with Gasteiger partial charge in [0.1, 0.15) is 5.82 Å². The summed E-state index contributed by atoms with van der Waals surface area (Å²) in [6.07, 6.45) is 2.47. The van der Waals surface area contributed by atoms with Crippen LogP contribution in [0, 0.1) is 5.82 Å². The number of amides is 1. The summed E-state index contributed by atoms with van der Waals surface area (Å²) >= 11 is 0. The first kappa shape index (κ1) is 18.1. The lowest BCUT2D eigenvalue weighted by atomic mass is 10.0. The van der Waals surface area contributed by atoms with Crippen LogP contribution in [-0.4, -0.2) is 33.4 Å². The maximum Gasteiger partial charge on any atom is 0.254 e. The van der Waals surface area contributed by atoms with Crippen LogP contribution in [-0.2, 0) is 0 Å². The van der Waals surface area contributed by atoms with Crippen molar-refractivity contribution in [2.24, 2.45) is 0 Å². The van der Waals surface area contributed by atoms with Crippen LogP contribution in [0.1, 0.15) is 55.6 Å². The second-order valence-electron chi connectivity index (χ2n) is 6.14. The van der Waals surface area contributed by atoms with Crippen LogP contribution >= 0.6 is 0 Å². The van der Waals surface area contributed by atoms with E-state index >= 15 is 0 Å². The van der Waals surface area contributed by atoms with Crippen molar-refractivity contribution in [3.63, 3.8) is 0 Å². The molecule has 0 spiro atoms. The highest BCUT2D eigenvalue weighted by atomic mass is 19.1. The second-order valence-corrected chi connectivity index (χ2v) is 6.14. The molecule has 1 atom stereocenters. The average molecular weight is 333 g/mol. The van der Waals surface area contributed by atoms with Gasteiger partial charge in [-0.25, -0.2) is 9.07 Å². The van der Waals surface area contributed by atoms with E-state index in [0.29, 0.717) is 17.7 Å². The number of hydrogen-bond donors (Lipinski definition) is 2. The van der Waals surface area contributed by atoms with Gasteiger partial charge in [-0.2, -0.15) is 5.10 Å². The van der Waals surface area contributed by atoms with Crippen LogP contribution in [0.3, 0.4) is 0 Å². The summed E-state index contributed by atoms with van der Waals surface area (Å²) in [5.74, 6) is -0.527. The van der Waals surface area contributed by atoms with E-state index in [1.54, 1.807) is 16.8 Å². The van der Waals surface area contributed by atoms with Gasteiger partial charge in [0.05, 0.1) is 29.2 Å². The predicted octanol–water partition coefficient (Wildman–Crippen LogP) is 3.03. The topological polar surface area (TPSA) is 67.2 Å². The van der Waals surface area contributed by atoms with Crippen LogP contribution in [0.2, 0.25) is 0 Å². The number of hydrogen-bond acceptors (Lipinski definition) is 3. The number of carbonyl (C=O) groups excluding carboxylic acids is 1. The summed E-state index contributed by atoms with van der Waals surface area (Å²) in [6, 6.07) is 5.98. The van der Waals surface area contributed by atoms with Crippen molar-refractivity contribution in [2.45, 2.75) is 45.6 Å². The third-order valence-electron chi connectivity index (χ3n) is 3.79. The smallest absolute Gasteiger partial charge is 0.254 e. The molecule has 1 unspecified atom stereocenters. The van der Waals surface area contributed by atoms with Crippen molar-refractivity contribution in [2.75, 3.05) is 6.54 Å². The van der Waals surface area contributed by atoms with Gasteiger partial charge in [0.25, 0.3) is 5.91 Å². The lowest BCUT2D eigenvalue weighted by Crippen LogP contribution is -2.32. The molecule has 2 aromatic rings.